The van der Waals surface area contributed by atoms with Gasteiger partial charge in [0.2, 0.25) is 0 Å². The first-order chi connectivity index (χ1) is 14.0. The summed E-state index contributed by atoms with van der Waals surface area (Å²) in [7, 11) is 0. The second-order valence-electron chi connectivity index (χ2n) is 9.06. The summed E-state index contributed by atoms with van der Waals surface area (Å²) in [4.78, 5) is 11.7. The molecule has 0 aliphatic heterocycles. The van der Waals surface area contributed by atoms with E-state index in [1.54, 1.807) is 6.07 Å². The van der Waals surface area contributed by atoms with Crippen molar-refractivity contribution < 1.29 is 19.7 Å². The third-order valence-corrected chi connectivity index (χ3v) is 6.15. The fraction of sp³-hybridized carbons (Fsp3) is 0.480. The van der Waals surface area contributed by atoms with Crippen molar-refractivity contribution in [3.63, 3.8) is 0 Å². The summed E-state index contributed by atoms with van der Waals surface area (Å²) >= 11 is 0. The number of rotatable bonds is 8. The molecule has 0 heterocycles. The number of hydrogen-bond acceptors (Lipinski definition) is 4. The van der Waals surface area contributed by atoms with Gasteiger partial charge in [-0.1, -0.05) is 52.8 Å². The lowest BCUT2D eigenvalue weighted by Crippen LogP contribution is -2.32. The van der Waals surface area contributed by atoms with E-state index in [-0.39, 0.29) is 28.7 Å². The Hall–Kier alpha value is -2.53. The third-order valence-electron chi connectivity index (χ3n) is 6.15. The Morgan fingerprint density at radius 1 is 1.07 bits per heavy atom. The number of aliphatic hydroxyl groups is 1. The van der Waals surface area contributed by atoms with Crippen LogP contribution in [-0.4, -0.2) is 28.8 Å². The maximum absolute atomic E-state index is 11.7. The number of primary amides is 1. The molecule has 5 nitrogen and oxygen atoms in total. The molecule has 0 saturated heterocycles. The molecule has 0 spiro atoms. The van der Waals surface area contributed by atoms with Crippen molar-refractivity contribution in [1.82, 2.24) is 0 Å². The van der Waals surface area contributed by atoms with Crippen LogP contribution in [0.15, 0.2) is 36.4 Å². The summed E-state index contributed by atoms with van der Waals surface area (Å²) in [5, 5.41) is 20.2. The minimum atomic E-state index is -0.646. The molecule has 164 valence electrons. The van der Waals surface area contributed by atoms with E-state index in [0.717, 1.165) is 35.3 Å². The molecular formula is C25H35NO4. The topological polar surface area (TPSA) is 92.8 Å². The van der Waals surface area contributed by atoms with Gasteiger partial charge in [-0.25, -0.2) is 0 Å². The average molecular weight is 414 g/mol. The molecular weight excluding hydrogens is 378 g/mol. The number of amides is 1. The number of carbonyl (C=O) groups is 1. The van der Waals surface area contributed by atoms with Crippen LogP contribution in [0.1, 0.15) is 74.5 Å². The van der Waals surface area contributed by atoms with Crippen LogP contribution >= 0.6 is 0 Å². The van der Waals surface area contributed by atoms with Crippen molar-refractivity contribution in [1.29, 1.82) is 0 Å². The molecule has 4 N–H and O–H groups in total. The first-order valence-electron chi connectivity index (χ1n) is 10.5. The van der Waals surface area contributed by atoms with Crippen LogP contribution in [0.25, 0.3) is 0 Å². The lowest BCUT2D eigenvalue weighted by atomic mass is 9.70. The van der Waals surface area contributed by atoms with Gasteiger partial charge in [0.15, 0.2) is 0 Å². The van der Waals surface area contributed by atoms with E-state index in [1.807, 2.05) is 45.9 Å². The highest BCUT2D eigenvalue weighted by Gasteiger charge is 2.32. The van der Waals surface area contributed by atoms with Crippen LogP contribution in [0.4, 0.5) is 0 Å². The van der Waals surface area contributed by atoms with Gasteiger partial charge in [-0.2, -0.15) is 0 Å². The number of hydrogen-bond donors (Lipinski definition) is 3. The van der Waals surface area contributed by atoms with Crippen molar-refractivity contribution in [3.8, 4) is 11.5 Å². The lowest BCUT2D eigenvalue weighted by Gasteiger charge is -2.34. The number of phenols is 1. The predicted molar refractivity (Wildman–Crippen MR) is 120 cm³/mol. The van der Waals surface area contributed by atoms with Gasteiger partial charge in [0.05, 0.1) is 11.7 Å². The molecule has 1 unspecified atom stereocenters. The van der Waals surface area contributed by atoms with Crippen molar-refractivity contribution in [2.45, 2.75) is 65.9 Å². The first-order valence-corrected chi connectivity index (χ1v) is 10.5. The first kappa shape index (κ1) is 23.7. The number of aromatic hydroxyl groups is 1. The predicted octanol–water partition coefficient (Wildman–Crippen LogP) is 4.69. The highest BCUT2D eigenvalue weighted by Crippen LogP contribution is 2.41. The van der Waals surface area contributed by atoms with Crippen molar-refractivity contribution >= 4 is 5.91 Å². The second-order valence-corrected chi connectivity index (χ2v) is 9.06. The summed E-state index contributed by atoms with van der Waals surface area (Å²) in [5.74, 6) is -0.0100. The van der Waals surface area contributed by atoms with Crippen LogP contribution in [0, 0.1) is 12.3 Å². The minimum Gasteiger partial charge on any atom is -0.507 e. The van der Waals surface area contributed by atoms with Crippen LogP contribution < -0.4 is 10.5 Å². The van der Waals surface area contributed by atoms with Gasteiger partial charge in [-0.15, -0.1) is 0 Å². The molecule has 5 heteroatoms. The maximum Gasteiger partial charge on any atom is 0.252 e. The maximum atomic E-state index is 11.7. The summed E-state index contributed by atoms with van der Waals surface area (Å²) in [6.07, 6.45) is 1.06. The Morgan fingerprint density at radius 3 is 2.13 bits per heavy atom. The molecule has 0 bridgehead atoms. The normalized spacial score (nSPS) is 13.2. The fourth-order valence-corrected chi connectivity index (χ4v) is 3.79. The molecule has 0 aliphatic rings. The summed E-state index contributed by atoms with van der Waals surface area (Å²) in [5.41, 5.74) is 8.03. The Kier molecular flexibility index (Phi) is 7.19. The molecule has 2 rings (SSSR count). The molecule has 30 heavy (non-hydrogen) atoms. The van der Waals surface area contributed by atoms with Crippen LogP contribution in [0.3, 0.4) is 0 Å². The van der Waals surface area contributed by atoms with Crippen molar-refractivity contribution in [2.24, 2.45) is 11.1 Å². The molecule has 0 fully saturated rings. The van der Waals surface area contributed by atoms with E-state index in [1.165, 1.54) is 6.07 Å². The molecule has 0 radical (unpaired) electrons. The van der Waals surface area contributed by atoms with E-state index in [2.05, 4.69) is 19.9 Å². The van der Waals surface area contributed by atoms with Gasteiger partial charge in [0, 0.05) is 5.41 Å². The van der Waals surface area contributed by atoms with Gasteiger partial charge < -0.3 is 20.7 Å². The van der Waals surface area contributed by atoms with E-state index in [9.17, 15) is 15.0 Å². The summed E-state index contributed by atoms with van der Waals surface area (Å²) < 4.78 is 5.89. The van der Waals surface area contributed by atoms with E-state index in [4.69, 9.17) is 10.5 Å². The van der Waals surface area contributed by atoms with Gasteiger partial charge >= 0.3 is 0 Å². The standard InChI is InChI=1S/C25H35NO4/c1-7-25(8-2,18-9-11-20(27)19(14-18)23(26)29)17-10-12-21(16(3)13-17)30-15-22(28)24(4,5)6/h9-14,22,27-28H,7-8,15H2,1-6H3,(H2,26,29). The summed E-state index contributed by atoms with van der Waals surface area (Å²) in [6, 6.07) is 11.2. The quantitative estimate of drug-likeness (QED) is 0.585. The monoisotopic (exact) mass is 413 g/mol. The lowest BCUT2D eigenvalue weighted by molar-refractivity contribution is 0.0216. The highest BCUT2D eigenvalue weighted by atomic mass is 16.5. The number of nitrogens with two attached hydrogens (primary N) is 1. The number of aliphatic hydroxyl groups excluding tert-OH is 1. The molecule has 2 aromatic rings. The fourth-order valence-electron chi connectivity index (χ4n) is 3.79. The highest BCUT2D eigenvalue weighted by molar-refractivity contribution is 5.95. The second kappa shape index (κ2) is 9.09. The zero-order valence-corrected chi connectivity index (χ0v) is 19.0. The van der Waals surface area contributed by atoms with Gasteiger partial charge in [0.1, 0.15) is 18.1 Å². The number of ether oxygens (including phenoxy) is 1. The van der Waals surface area contributed by atoms with Crippen LogP contribution in [0.2, 0.25) is 0 Å². The van der Waals surface area contributed by atoms with E-state index in [0.29, 0.717) is 0 Å². The minimum absolute atomic E-state index is 0.107. The van der Waals surface area contributed by atoms with Crippen molar-refractivity contribution in [3.05, 3.63) is 58.7 Å². The molecule has 0 aromatic heterocycles. The molecule has 1 atom stereocenters. The molecule has 2 aromatic carbocycles. The third kappa shape index (κ3) is 4.78. The average Bonchev–Trinajstić information content (AvgIpc) is 2.68. The number of aryl methyl sites for hydroxylation is 1. The molecule has 1 amide bonds. The largest absolute Gasteiger partial charge is 0.507 e. The molecule has 0 saturated carbocycles. The summed E-state index contributed by atoms with van der Waals surface area (Å²) in [6.45, 7) is 12.4. The molecule has 0 aliphatic carbocycles. The Morgan fingerprint density at radius 2 is 1.63 bits per heavy atom. The Labute approximate surface area is 179 Å². The van der Waals surface area contributed by atoms with E-state index >= 15 is 0 Å². The zero-order valence-electron chi connectivity index (χ0n) is 19.0. The number of benzene rings is 2. The van der Waals surface area contributed by atoms with Crippen LogP contribution in [-0.2, 0) is 5.41 Å². The SMILES string of the molecule is CCC(CC)(c1ccc(OCC(O)C(C)(C)C)c(C)c1)c1ccc(O)c(C(N)=O)c1. The van der Waals surface area contributed by atoms with Crippen LogP contribution in [0.5, 0.6) is 11.5 Å². The Bertz CT molecular complexity index is 895. The Balaban J connectivity index is 2.42. The van der Waals surface area contributed by atoms with Crippen molar-refractivity contribution in [2.75, 3.05) is 6.61 Å². The van der Waals surface area contributed by atoms with Gasteiger partial charge in [-0.3, -0.25) is 4.79 Å². The van der Waals surface area contributed by atoms with E-state index < -0.39 is 12.0 Å². The smallest absolute Gasteiger partial charge is 0.252 e. The van der Waals surface area contributed by atoms with Gasteiger partial charge in [-0.05, 0) is 60.1 Å². The van der Waals surface area contributed by atoms with Gasteiger partial charge in [0.25, 0.3) is 5.91 Å². The number of carbonyl (C=O) groups excluding carboxylic acids is 1. The zero-order chi connectivity index (χ0) is 22.7.